The molecule has 0 bridgehead atoms. The number of hydrogen-bond acceptors (Lipinski definition) is 4. The number of allylic oxidation sites excluding steroid dienone is 1. The summed E-state index contributed by atoms with van der Waals surface area (Å²) in [7, 11) is 0. The molecule has 1 heterocycles. The summed E-state index contributed by atoms with van der Waals surface area (Å²) in [5.74, 6) is -0.800. The van der Waals surface area contributed by atoms with Crippen molar-refractivity contribution in [1.29, 1.82) is 0 Å². The first-order valence-electron chi connectivity index (χ1n) is 6.36. The molecule has 2 rings (SSSR count). The van der Waals surface area contributed by atoms with Crippen LogP contribution in [-0.4, -0.2) is 29.7 Å². The topological polar surface area (TPSA) is 87.4 Å². The molecule has 1 aliphatic rings. The van der Waals surface area contributed by atoms with Gasteiger partial charge in [-0.3, -0.25) is 4.79 Å². The third-order valence-corrected chi connectivity index (χ3v) is 3.18. The highest BCUT2D eigenvalue weighted by molar-refractivity contribution is 5.73. The number of carbonyl (C=O) groups is 1. The monoisotopic (exact) mass is 261 g/mol. The van der Waals surface area contributed by atoms with E-state index in [2.05, 4.69) is 10.6 Å². The molecular formula is C14H19N3O2. The van der Waals surface area contributed by atoms with Gasteiger partial charge in [-0.05, 0) is 12.0 Å². The zero-order valence-electron chi connectivity index (χ0n) is 10.7. The van der Waals surface area contributed by atoms with Gasteiger partial charge in [0.25, 0.3) is 0 Å². The van der Waals surface area contributed by atoms with Crippen molar-refractivity contribution in [1.82, 2.24) is 10.6 Å². The van der Waals surface area contributed by atoms with E-state index >= 15 is 0 Å². The Hall–Kier alpha value is -2.01. The van der Waals surface area contributed by atoms with Gasteiger partial charge in [-0.15, -0.1) is 0 Å². The highest BCUT2D eigenvalue weighted by Gasteiger charge is 2.28. The summed E-state index contributed by atoms with van der Waals surface area (Å²) in [5.41, 5.74) is 7.84. The number of carboxylic acid groups (broad SMARTS) is 1. The highest BCUT2D eigenvalue weighted by atomic mass is 16.4. The van der Waals surface area contributed by atoms with Crippen LogP contribution in [0.5, 0.6) is 0 Å². The largest absolute Gasteiger partial charge is 0.480 e. The number of carboxylic acids is 1. The molecule has 1 aliphatic heterocycles. The van der Waals surface area contributed by atoms with Crippen LogP contribution in [0.1, 0.15) is 12.0 Å². The van der Waals surface area contributed by atoms with Crippen LogP contribution in [0, 0.1) is 0 Å². The molecule has 0 saturated carbocycles. The third kappa shape index (κ3) is 3.99. The Morgan fingerprint density at radius 3 is 2.84 bits per heavy atom. The van der Waals surface area contributed by atoms with Crippen LogP contribution in [0.4, 0.5) is 0 Å². The lowest BCUT2D eigenvalue weighted by Crippen LogP contribution is -2.30. The summed E-state index contributed by atoms with van der Waals surface area (Å²) in [6, 6.07) is 9.65. The van der Waals surface area contributed by atoms with Gasteiger partial charge in [0.05, 0.1) is 0 Å². The molecule has 0 radical (unpaired) electrons. The maximum absolute atomic E-state index is 10.8. The molecule has 1 aromatic carbocycles. The van der Waals surface area contributed by atoms with E-state index < -0.39 is 12.0 Å². The lowest BCUT2D eigenvalue weighted by atomic mass is 10.1. The maximum atomic E-state index is 10.8. The Bertz CT molecular complexity index is 459. The molecule has 2 atom stereocenters. The number of nitrogens with one attached hydrogen (secondary N) is 2. The molecule has 102 valence electrons. The van der Waals surface area contributed by atoms with Gasteiger partial charge in [0.1, 0.15) is 6.04 Å². The average Bonchev–Trinajstić information content (AvgIpc) is 2.86. The lowest BCUT2D eigenvalue weighted by molar-refractivity contribution is -0.139. The lowest BCUT2D eigenvalue weighted by Gasteiger charge is -2.10. The Morgan fingerprint density at radius 2 is 2.21 bits per heavy atom. The van der Waals surface area contributed by atoms with Crippen molar-refractivity contribution in [3.63, 3.8) is 0 Å². The fourth-order valence-corrected chi connectivity index (χ4v) is 2.16. The normalized spacial score (nSPS) is 23.3. The van der Waals surface area contributed by atoms with Crippen LogP contribution < -0.4 is 16.4 Å². The molecule has 0 spiro atoms. The summed E-state index contributed by atoms with van der Waals surface area (Å²) >= 11 is 0. The van der Waals surface area contributed by atoms with Gasteiger partial charge in [0.2, 0.25) is 0 Å². The van der Waals surface area contributed by atoms with Gasteiger partial charge in [-0.2, -0.15) is 0 Å². The van der Waals surface area contributed by atoms with Crippen LogP contribution in [0.2, 0.25) is 0 Å². The Morgan fingerprint density at radius 1 is 1.47 bits per heavy atom. The zero-order valence-corrected chi connectivity index (χ0v) is 10.7. The molecule has 5 heteroatoms. The van der Waals surface area contributed by atoms with E-state index in [1.54, 1.807) is 6.20 Å². The number of aliphatic carboxylic acids is 1. The van der Waals surface area contributed by atoms with Gasteiger partial charge in [0.15, 0.2) is 0 Å². The summed E-state index contributed by atoms with van der Waals surface area (Å²) < 4.78 is 0. The second-order valence-electron chi connectivity index (χ2n) is 4.78. The van der Waals surface area contributed by atoms with Crippen LogP contribution in [0.3, 0.4) is 0 Å². The summed E-state index contributed by atoms with van der Waals surface area (Å²) in [6.07, 6.45) is 3.05. The maximum Gasteiger partial charge on any atom is 0.320 e. The molecule has 0 aromatic heterocycles. The van der Waals surface area contributed by atoms with E-state index in [0.717, 1.165) is 11.3 Å². The summed E-state index contributed by atoms with van der Waals surface area (Å²) in [5, 5.41) is 15.0. The standard InChI is InChI=1S/C14H19N3O2/c15-11(6-10-4-2-1-3-5-10)8-16-12-7-13(14(18)19)17-9-12/h1-5,8,12-13,16-17H,6-7,9,15H2,(H,18,19)/b11-8-. The molecule has 0 aliphatic carbocycles. The van der Waals surface area contributed by atoms with Crippen molar-refractivity contribution in [3.05, 3.63) is 47.8 Å². The van der Waals surface area contributed by atoms with Gasteiger partial charge >= 0.3 is 5.97 Å². The number of benzene rings is 1. The van der Waals surface area contributed by atoms with Gasteiger partial charge in [-0.25, -0.2) is 0 Å². The zero-order chi connectivity index (χ0) is 13.7. The average molecular weight is 261 g/mol. The van der Waals surface area contributed by atoms with Crippen LogP contribution >= 0.6 is 0 Å². The Balaban J connectivity index is 1.81. The summed E-state index contributed by atoms with van der Waals surface area (Å²) in [4.78, 5) is 10.8. The van der Waals surface area contributed by atoms with E-state index in [1.807, 2.05) is 30.3 Å². The second kappa shape index (κ2) is 6.24. The molecule has 2 unspecified atom stereocenters. The predicted molar refractivity (Wildman–Crippen MR) is 73.4 cm³/mol. The molecule has 5 nitrogen and oxygen atoms in total. The molecule has 1 saturated heterocycles. The van der Waals surface area contributed by atoms with Crippen molar-refractivity contribution in [2.45, 2.75) is 24.9 Å². The predicted octanol–water partition coefficient (Wildman–Crippen LogP) is 0.434. The van der Waals surface area contributed by atoms with Crippen LogP contribution in [0.15, 0.2) is 42.2 Å². The van der Waals surface area contributed by atoms with Crippen molar-refractivity contribution in [2.75, 3.05) is 6.54 Å². The molecule has 5 N–H and O–H groups in total. The number of nitrogens with two attached hydrogens (primary N) is 1. The quantitative estimate of drug-likeness (QED) is 0.617. The molecule has 1 aromatic rings. The number of hydrogen-bond donors (Lipinski definition) is 4. The molecule has 19 heavy (non-hydrogen) atoms. The van der Waals surface area contributed by atoms with E-state index in [-0.39, 0.29) is 6.04 Å². The third-order valence-electron chi connectivity index (χ3n) is 3.18. The molecular weight excluding hydrogens is 242 g/mol. The SMILES string of the molecule is N/C(=C\NC1CNC(C(=O)O)C1)Cc1ccccc1. The first-order chi connectivity index (χ1) is 9.15. The molecule has 0 amide bonds. The van der Waals surface area contributed by atoms with Crippen molar-refractivity contribution < 1.29 is 9.90 Å². The fraction of sp³-hybridized carbons (Fsp3) is 0.357. The smallest absolute Gasteiger partial charge is 0.320 e. The van der Waals surface area contributed by atoms with E-state index in [1.165, 1.54) is 0 Å². The minimum atomic E-state index is -0.800. The van der Waals surface area contributed by atoms with Gasteiger partial charge in [-0.1, -0.05) is 30.3 Å². The fourth-order valence-electron chi connectivity index (χ4n) is 2.16. The van der Waals surface area contributed by atoms with E-state index in [4.69, 9.17) is 10.8 Å². The first kappa shape index (κ1) is 13.4. The minimum absolute atomic E-state index is 0.121. The van der Waals surface area contributed by atoms with Crippen LogP contribution in [-0.2, 0) is 11.2 Å². The first-order valence-corrected chi connectivity index (χ1v) is 6.36. The number of rotatable bonds is 5. The van der Waals surface area contributed by atoms with Crippen molar-refractivity contribution in [3.8, 4) is 0 Å². The van der Waals surface area contributed by atoms with Crippen molar-refractivity contribution >= 4 is 5.97 Å². The Kier molecular flexibility index (Phi) is 4.41. The van der Waals surface area contributed by atoms with Gasteiger partial charge < -0.3 is 21.5 Å². The molecule has 1 fully saturated rings. The minimum Gasteiger partial charge on any atom is -0.480 e. The van der Waals surface area contributed by atoms with Gasteiger partial charge in [0, 0.05) is 30.9 Å². The Labute approximate surface area is 112 Å². The highest BCUT2D eigenvalue weighted by Crippen LogP contribution is 2.08. The van der Waals surface area contributed by atoms with Crippen molar-refractivity contribution in [2.24, 2.45) is 5.73 Å². The van der Waals surface area contributed by atoms with Crippen LogP contribution in [0.25, 0.3) is 0 Å². The van der Waals surface area contributed by atoms with E-state index in [0.29, 0.717) is 19.4 Å². The van der Waals surface area contributed by atoms with E-state index in [9.17, 15) is 4.79 Å². The second-order valence-corrected chi connectivity index (χ2v) is 4.78. The summed E-state index contributed by atoms with van der Waals surface area (Å²) in [6.45, 7) is 0.645.